The van der Waals surface area contributed by atoms with E-state index in [0.29, 0.717) is 36.7 Å². The Labute approximate surface area is 430 Å². The third kappa shape index (κ3) is 8.40. The number of nitrogens with zero attached hydrogens (tertiary/aromatic N) is 1. The molecular weight excluding hydrogens is 937 g/mol. The number of amides is 1. The van der Waals surface area contributed by atoms with Crippen molar-refractivity contribution < 1.29 is 67.8 Å². The van der Waals surface area contributed by atoms with Crippen LogP contribution in [0.25, 0.3) is 0 Å². The predicted octanol–water partition coefficient (Wildman–Crippen LogP) is 9.91. The van der Waals surface area contributed by atoms with Crippen molar-refractivity contribution in [2.24, 2.45) is 56.2 Å². The number of hydroxylamine groups is 2. The maximum absolute atomic E-state index is 13.8. The zero-order chi connectivity index (χ0) is 52.8. The summed E-state index contributed by atoms with van der Waals surface area (Å²) in [4.78, 5) is 71.2. The third-order valence-corrected chi connectivity index (χ3v) is 21.8. The molecule has 1 saturated heterocycles. The van der Waals surface area contributed by atoms with Gasteiger partial charge in [-0.1, -0.05) is 66.2 Å². The van der Waals surface area contributed by atoms with Crippen LogP contribution in [0.5, 0.6) is 11.5 Å². The van der Waals surface area contributed by atoms with Gasteiger partial charge in [-0.15, -0.1) is 5.06 Å². The number of methoxy groups -OCH3 is 3. The topological polar surface area (TPSA) is 217 Å². The maximum Gasteiger partial charge on any atom is 0.506 e. The highest BCUT2D eigenvalue weighted by Gasteiger charge is 2.70. The number of hydrogen-bond donors (Lipinski definition) is 4. The molecule has 0 aromatic heterocycles. The minimum atomic E-state index is -1.63. The van der Waals surface area contributed by atoms with Gasteiger partial charge < -0.3 is 49.2 Å². The summed E-state index contributed by atoms with van der Waals surface area (Å²) in [6, 6.07) is 2.95. The number of nitrogens with one attached hydrogen (secondary N) is 1. The van der Waals surface area contributed by atoms with Gasteiger partial charge in [0.05, 0.1) is 25.7 Å². The first-order valence-corrected chi connectivity index (χ1v) is 27.1. The highest BCUT2D eigenvalue weighted by atomic mass is 16.7. The Bertz CT molecular complexity index is 2400. The summed E-state index contributed by atoms with van der Waals surface area (Å²) in [5.74, 6) is 0.116. The lowest BCUT2D eigenvalue weighted by molar-refractivity contribution is -0.256. The average Bonchev–Trinajstić information content (AvgIpc) is 3.31. The summed E-state index contributed by atoms with van der Waals surface area (Å²) < 4.78 is 27.6. The molecule has 9 rings (SSSR count). The second-order valence-corrected chi connectivity index (χ2v) is 25.7. The Kier molecular flexibility index (Phi) is 13.8. The summed E-state index contributed by atoms with van der Waals surface area (Å²) in [5.41, 5.74) is 1.61. The van der Waals surface area contributed by atoms with Gasteiger partial charge in [0.1, 0.15) is 12.2 Å². The van der Waals surface area contributed by atoms with Crippen molar-refractivity contribution in [1.82, 2.24) is 10.4 Å². The number of carbonyl (C=O) groups is 5. The minimum absolute atomic E-state index is 0.00170. The molecule has 7 unspecified atom stereocenters. The number of carboxylic acid groups (broad SMARTS) is 2. The van der Waals surface area contributed by atoms with E-state index in [0.717, 1.165) is 69.8 Å². The largest absolute Gasteiger partial charge is 0.506 e. The van der Waals surface area contributed by atoms with Gasteiger partial charge in [0.2, 0.25) is 5.91 Å². The van der Waals surface area contributed by atoms with Crippen LogP contribution in [0.15, 0.2) is 23.8 Å². The molecule has 14 atom stereocenters. The lowest BCUT2D eigenvalue weighted by Crippen LogP contribution is -2.70. The number of esters is 1. The number of ether oxygens (including phenoxy) is 5. The van der Waals surface area contributed by atoms with Gasteiger partial charge in [0.25, 0.3) is 0 Å². The van der Waals surface area contributed by atoms with Crippen LogP contribution in [0.1, 0.15) is 162 Å². The highest BCUT2D eigenvalue weighted by molar-refractivity contribution is 5.79. The van der Waals surface area contributed by atoms with E-state index in [1.807, 2.05) is 6.07 Å². The van der Waals surface area contributed by atoms with Crippen LogP contribution >= 0.6 is 0 Å². The molecule has 16 nitrogen and oxygen atoms in total. The second-order valence-electron chi connectivity index (χ2n) is 25.7. The van der Waals surface area contributed by atoms with Crippen molar-refractivity contribution in [1.29, 1.82) is 0 Å². The van der Waals surface area contributed by atoms with Gasteiger partial charge in [-0.25, -0.2) is 9.59 Å². The molecule has 2 bridgehead atoms. The number of unbranched alkanes of at least 4 members (excludes halogenated alkanes) is 1. The molecule has 5 saturated carbocycles. The van der Waals surface area contributed by atoms with Crippen LogP contribution < -0.4 is 10.1 Å². The molecule has 8 aliphatic rings. The van der Waals surface area contributed by atoms with Crippen molar-refractivity contribution in [3.8, 4) is 11.5 Å². The predicted molar refractivity (Wildman–Crippen MR) is 267 cm³/mol. The van der Waals surface area contributed by atoms with Gasteiger partial charge in [0, 0.05) is 49.4 Å². The molecule has 0 radical (unpaired) electrons. The Morgan fingerprint density at radius 2 is 1.51 bits per heavy atom. The third-order valence-electron chi connectivity index (χ3n) is 21.8. The molecule has 73 heavy (non-hydrogen) atoms. The van der Waals surface area contributed by atoms with E-state index in [2.05, 4.69) is 59.9 Å². The molecule has 0 spiro atoms. The molecule has 1 amide bonds. The van der Waals surface area contributed by atoms with E-state index in [-0.39, 0.29) is 94.6 Å². The number of allylic oxidation sites excluding steroid dienone is 2. The van der Waals surface area contributed by atoms with Gasteiger partial charge in [-0.3, -0.25) is 14.4 Å². The highest BCUT2D eigenvalue weighted by Crippen LogP contribution is 2.76. The Morgan fingerprint density at radius 1 is 0.795 bits per heavy atom. The maximum atomic E-state index is 13.8. The van der Waals surface area contributed by atoms with Gasteiger partial charge >= 0.3 is 24.2 Å². The van der Waals surface area contributed by atoms with E-state index in [4.69, 9.17) is 28.5 Å². The van der Waals surface area contributed by atoms with Crippen LogP contribution in [0.2, 0.25) is 0 Å². The molecule has 16 heteroatoms. The summed E-state index contributed by atoms with van der Waals surface area (Å²) in [6.07, 6.45) is 7.54. The quantitative estimate of drug-likeness (QED) is 0.0663. The number of piperidine rings is 1. The van der Waals surface area contributed by atoms with Crippen LogP contribution in [-0.4, -0.2) is 109 Å². The normalized spacial score (nSPS) is 39.7. The van der Waals surface area contributed by atoms with Crippen LogP contribution in [0, 0.1) is 56.2 Å². The first-order valence-electron chi connectivity index (χ1n) is 27.1. The van der Waals surface area contributed by atoms with Crippen molar-refractivity contribution in [3.63, 3.8) is 0 Å². The van der Waals surface area contributed by atoms with E-state index in [1.165, 1.54) is 19.8 Å². The second kappa shape index (κ2) is 18.9. The fourth-order valence-electron chi connectivity index (χ4n) is 18.2. The molecule has 1 aromatic carbocycles. The number of rotatable bonds is 12. The standard InChI is InChI=1S/C57H82N2O14/c1-51(2)23-25-56(48(63)70-10)26-24-54(6)33(34(56)30-51)16-18-39-53(5)21-20-40(52(3,4)38(53)19-22-55(39,54)7)58-41(60)13-11-12-14-42(61)73-59-28-27-57-31-37(71-49(64)65)46(72-50(66)67)47(69-9)44(57)35(59)29-32-15-17-36(68-8)45(62)43(32)57/h15-17,34-35,37-40,44,46-47,62H,11-14,18-31H2,1-10H3,(H,58,60)(H,64,65)(H,66,67)/t34?,35-,37?,38?,39?,40-,44?,46?,47?,53-,54+,55+,56-,57-/m0/s1. The minimum Gasteiger partial charge on any atom is -0.504 e. The summed E-state index contributed by atoms with van der Waals surface area (Å²) in [6.45, 7) is 17.3. The number of fused-ring (bicyclic) bond motifs is 8. The smallest absolute Gasteiger partial charge is 0.504 e. The Hall–Kier alpha value is -4.57. The lowest BCUT2D eigenvalue weighted by atomic mass is 9.33. The molecule has 4 N–H and O–H groups in total. The van der Waals surface area contributed by atoms with Gasteiger partial charge in [-0.2, -0.15) is 0 Å². The molecular formula is C57H82N2O14. The fraction of sp³-hybridized carbons (Fsp3) is 0.772. The van der Waals surface area contributed by atoms with Gasteiger partial charge in [0.15, 0.2) is 17.6 Å². The van der Waals surface area contributed by atoms with E-state index in [1.54, 1.807) is 18.2 Å². The molecule has 1 aliphatic heterocycles. The van der Waals surface area contributed by atoms with Crippen molar-refractivity contribution in [2.45, 2.75) is 193 Å². The van der Waals surface area contributed by atoms with Crippen molar-refractivity contribution in [2.75, 3.05) is 27.9 Å². The first kappa shape index (κ1) is 53.3. The number of phenols is 1. The molecule has 6 fully saturated rings. The van der Waals surface area contributed by atoms with Crippen molar-refractivity contribution in [3.05, 3.63) is 34.9 Å². The zero-order valence-corrected chi connectivity index (χ0v) is 44.9. The number of carbonyl (C=O) groups excluding carboxylic acids is 3. The molecule has 404 valence electrons. The molecule has 1 heterocycles. The fourth-order valence-corrected chi connectivity index (χ4v) is 18.2. The molecule has 7 aliphatic carbocycles. The van der Waals surface area contributed by atoms with Crippen LogP contribution in [-0.2, 0) is 50.0 Å². The van der Waals surface area contributed by atoms with E-state index in [9.17, 15) is 39.3 Å². The summed E-state index contributed by atoms with van der Waals surface area (Å²) >= 11 is 0. The first-order chi connectivity index (χ1) is 34.4. The van der Waals surface area contributed by atoms with Gasteiger partial charge in [-0.05, 0) is 153 Å². The number of benzene rings is 1. The van der Waals surface area contributed by atoms with E-state index < -0.39 is 59.4 Å². The monoisotopic (exact) mass is 1020 g/mol. The molecule has 1 aromatic rings. The average molecular weight is 1020 g/mol. The Morgan fingerprint density at radius 3 is 2.19 bits per heavy atom. The zero-order valence-electron chi connectivity index (χ0n) is 44.9. The van der Waals surface area contributed by atoms with Crippen LogP contribution in [0.3, 0.4) is 0 Å². The Balaban J connectivity index is 0.831. The summed E-state index contributed by atoms with van der Waals surface area (Å²) in [5, 5.41) is 36.2. The summed E-state index contributed by atoms with van der Waals surface area (Å²) in [7, 11) is 4.39. The number of hydrogen-bond acceptors (Lipinski definition) is 13. The number of phenolic OH excluding ortho intramolecular Hbond substituents is 1. The van der Waals surface area contributed by atoms with Crippen molar-refractivity contribution >= 4 is 30.2 Å². The van der Waals surface area contributed by atoms with Crippen LogP contribution in [0.4, 0.5) is 9.59 Å². The lowest BCUT2D eigenvalue weighted by Gasteiger charge is -2.71. The van der Waals surface area contributed by atoms with E-state index >= 15 is 0 Å². The SMILES string of the molecule is COC(=O)[C@]12CCC(C)(C)CC1C1=CCC3[C@@]4(C)CC[C@H](NC(=O)CCCCC(=O)ON5CC[C@@]67CC(OC(=O)O)C(OC(=O)O)C(OC)C6[C@@H]5Cc5ccc(OC)c(O)c57)C(C)(C)C4CC[C@@]3(C)[C@]1(C)CC2. The number of aromatic hydroxyl groups is 1.